The number of nitrogens with two attached hydrogens (primary N) is 1. The molecule has 4 N–H and O–H groups in total. The summed E-state index contributed by atoms with van der Waals surface area (Å²) in [6, 6.07) is 5.96. The maximum absolute atomic E-state index is 12.1. The Kier molecular flexibility index (Phi) is 6.41. The first-order chi connectivity index (χ1) is 12.3. The van der Waals surface area contributed by atoms with Gasteiger partial charge in [0.25, 0.3) is 0 Å². The van der Waals surface area contributed by atoms with Gasteiger partial charge >= 0.3 is 6.03 Å². The number of primary amides is 1. The molecule has 0 spiro atoms. The van der Waals surface area contributed by atoms with Crippen LogP contribution in [0, 0.1) is 12.8 Å². The summed E-state index contributed by atoms with van der Waals surface area (Å²) in [7, 11) is 0. The van der Waals surface area contributed by atoms with E-state index in [4.69, 9.17) is 17.3 Å². The van der Waals surface area contributed by atoms with E-state index >= 15 is 0 Å². The summed E-state index contributed by atoms with van der Waals surface area (Å²) in [5.41, 5.74) is 7.67. The van der Waals surface area contributed by atoms with E-state index in [-0.39, 0.29) is 5.91 Å². The highest BCUT2D eigenvalue weighted by molar-refractivity contribution is 6.31. The lowest BCUT2D eigenvalue weighted by molar-refractivity contribution is -0.111. The van der Waals surface area contributed by atoms with E-state index in [2.05, 4.69) is 29.6 Å². The molecule has 0 aliphatic carbocycles. The van der Waals surface area contributed by atoms with Crippen LogP contribution in [0.2, 0.25) is 5.15 Å². The van der Waals surface area contributed by atoms with E-state index in [1.807, 2.05) is 6.92 Å². The standard InChI is InChI=1S/C18H22ClN5O2/c1-11(2)10-24-17(19)15(12(3)23-24)8-9-16(25)21-13-4-6-14(7-5-13)22-18(20)26/h4-9,11H,10H2,1-3H3,(H,21,25)(H3,20,22,26)/b9-8+. The average molecular weight is 376 g/mol. The highest BCUT2D eigenvalue weighted by Gasteiger charge is 2.12. The summed E-state index contributed by atoms with van der Waals surface area (Å²) in [6.45, 7) is 6.73. The van der Waals surface area contributed by atoms with Gasteiger partial charge in [-0.25, -0.2) is 4.79 Å². The maximum atomic E-state index is 12.1. The van der Waals surface area contributed by atoms with Crippen LogP contribution in [0.4, 0.5) is 16.2 Å². The summed E-state index contributed by atoms with van der Waals surface area (Å²) >= 11 is 6.35. The number of aromatic nitrogens is 2. The fourth-order valence-corrected chi connectivity index (χ4v) is 2.65. The van der Waals surface area contributed by atoms with Crippen molar-refractivity contribution in [1.29, 1.82) is 0 Å². The summed E-state index contributed by atoms with van der Waals surface area (Å²) in [5, 5.41) is 10.1. The van der Waals surface area contributed by atoms with Crippen molar-refractivity contribution >= 4 is 41.0 Å². The topological polar surface area (TPSA) is 102 Å². The number of carbonyl (C=O) groups is 2. The minimum Gasteiger partial charge on any atom is -0.351 e. The first-order valence-electron chi connectivity index (χ1n) is 8.14. The van der Waals surface area contributed by atoms with E-state index < -0.39 is 6.03 Å². The monoisotopic (exact) mass is 375 g/mol. The van der Waals surface area contributed by atoms with Crippen LogP contribution in [-0.2, 0) is 11.3 Å². The molecule has 7 nitrogen and oxygen atoms in total. The van der Waals surface area contributed by atoms with Gasteiger partial charge in [0.2, 0.25) is 5.91 Å². The van der Waals surface area contributed by atoms with E-state index in [9.17, 15) is 9.59 Å². The van der Waals surface area contributed by atoms with Crippen LogP contribution >= 0.6 is 11.6 Å². The summed E-state index contributed by atoms with van der Waals surface area (Å²) in [6.07, 6.45) is 3.06. The van der Waals surface area contributed by atoms with Crippen molar-refractivity contribution in [2.45, 2.75) is 27.3 Å². The van der Waals surface area contributed by atoms with Gasteiger partial charge in [-0.2, -0.15) is 5.10 Å². The lowest BCUT2D eigenvalue weighted by Gasteiger charge is -2.06. The normalized spacial score (nSPS) is 11.1. The number of benzene rings is 1. The van der Waals surface area contributed by atoms with Crippen LogP contribution in [0.15, 0.2) is 30.3 Å². The Balaban J connectivity index is 2.03. The number of hydrogen-bond donors (Lipinski definition) is 3. The van der Waals surface area contributed by atoms with Crippen molar-refractivity contribution in [1.82, 2.24) is 9.78 Å². The number of anilines is 2. The predicted octanol–water partition coefficient (Wildman–Crippen LogP) is 3.64. The number of amides is 3. The molecule has 1 aromatic carbocycles. The third-order valence-electron chi connectivity index (χ3n) is 3.47. The zero-order valence-corrected chi connectivity index (χ0v) is 15.7. The number of nitrogens with one attached hydrogen (secondary N) is 2. The second-order valence-corrected chi connectivity index (χ2v) is 6.61. The molecule has 0 radical (unpaired) electrons. The molecule has 2 rings (SSSR count). The molecule has 2 aromatic rings. The molecule has 0 atom stereocenters. The van der Waals surface area contributed by atoms with Crippen molar-refractivity contribution in [3.8, 4) is 0 Å². The largest absolute Gasteiger partial charge is 0.351 e. The molecule has 0 aliphatic rings. The van der Waals surface area contributed by atoms with Crippen molar-refractivity contribution in [3.63, 3.8) is 0 Å². The minimum atomic E-state index is -0.644. The van der Waals surface area contributed by atoms with Crippen LogP contribution in [-0.4, -0.2) is 21.7 Å². The number of aryl methyl sites for hydroxylation is 1. The van der Waals surface area contributed by atoms with Crippen molar-refractivity contribution in [2.75, 3.05) is 10.6 Å². The second kappa shape index (κ2) is 8.53. The molecular formula is C18H22ClN5O2. The average Bonchev–Trinajstić information content (AvgIpc) is 2.80. The number of urea groups is 1. The maximum Gasteiger partial charge on any atom is 0.316 e. The lowest BCUT2D eigenvalue weighted by atomic mass is 10.2. The van der Waals surface area contributed by atoms with Crippen LogP contribution in [0.5, 0.6) is 0 Å². The zero-order valence-electron chi connectivity index (χ0n) is 14.9. The first-order valence-corrected chi connectivity index (χ1v) is 8.52. The Morgan fingerprint density at radius 1 is 1.23 bits per heavy atom. The number of carbonyl (C=O) groups excluding carboxylic acids is 2. The molecule has 1 heterocycles. The Morgan fingerprint density at radius 3 is 2.35 bits per heavy atom. The summed E-state index contributed by atoms with van der Waals surface area (Å²) in [5.74, 6) is 0.117. The Bertz CT molecular complexity index is 825. The van der Waals surface area contributed by atoms with E-state index in [0.717, 1.165) is 11.3 Å². The molecule has 0 saturated heterocycles. The zero-order chi connectivity index (χ0) is 19.3. The Labute approximate surface area is 157 Å². The smallest absolute Gasteiger partial charge is 0.316 e. The first kappa shape index (κ1) is 19.5. The van der Waals surface area contributed by atoms with Gasteiger partial charge in [-0.15, -0.1) is 0 Å². The van der Waals surface area contributed by atoms with Gasteiger partial charge in [-0.1, -0.05) is 25.4 Å². The molecule has 0 bridgehead atoms. The highest BCUT2D eigenvalue weighted by atomic mass is 35.5. The van der Waals surface area contributed by atoms with Gasteiger partial charge in [0.1, 0.15) is 5.15 Å². The molecule has 3 amide bonds. The van der Waals surface area contributed by atoms with E-state index in [1.165, 1.54) is 6.08 Å². The predicted molar refractivity (Wildman–Crippen MR) is 104 cm³/mol. The third kappa shape index (κ3) is 5.35. The lowest BCUT2D eigenvalue weighted by Crippen LogP contribution is -2.19. The van der Waals surface area contributed by atoms with E-state index in [1.54, 1.807) is 35.0 Å². The molecule has 0 unspecified atom stereocenters. The number of nitrogens with zero attached hydrogens (tertiary/aromatic N) is 2. The van der Waals surface area contributed by atoms with Gasteiger partial charge in [-0.05, 0) is 43.2 Å². The second-order valence-electron chi connectivity index (χ2n) is 6.26. The van der Waals surface area contributed by atoms with Gasteiger partial charge in [0.05, 0.1) is 5.69 Å². The summed E-state index contributed by atoms with van der Waals surface area (Å²) in [4.78, 5) is 22.9. The number of rotatable bonds is 6. The molecular weight excluding hydrogens is 354 g/mol. The van der Waals surface area contributed by atoms with Gasteiger partial charge in [0.15, 0.2) is 0 Å². The van der Waals surface area contributed by atoms with Crippen LogP contribution in [0.3, 0.4) is 0 Å². The summed E-state index contributed by atoms with van der Waals surface area (Å²) < 4.78 is 1.74. The van der Waals surface area contributed by atoms with Crippen molar-refractivity contribution in [2.24, 2.45) is 11.7 Å². The fourth-order valence-electron chi connectivity index (χ4n) is 2.35. The van der Waals surface area contributed by atoms with Crippen molar-refractivity contribution < 1.29 is 9.59 Å². The molecule has 0 saturated carbocycles. The number of hydrogen-bond acceptors (Lipinski definition) is 3. The third-order valence-corrected chi connectivity index (χ3v) is 3.87. The Morgan fingerprint density at radius 2 is 1.81 bits per heavy atom. The number of halogens is 1. The van der Waals surface area contributed by atoms with Gasteiger partial charge in [-0.3, -0.25) is 9.48 Å². The van der Waals surface area contributed by atoms with Crippen LogP contribution in [0.1, 0.15) is 25.1 Å². The molecule has 1 aromatic heterocycles. The van der Waals surface area contributed by atoms with E-state index in [0.29, 0.717) is 29.0 Å². The van der Waals surface area contributed by atoms with Crippen LogP contribution in [0.25, 0.3) is 6.08 Å². The highest BCUT2D eigenvalue weighted by Crippen LogP contribution is 2.22. The van der Waals surface area contributed by atoms with Gasteiger partial charge in [0, 0.05) is 29.6 Å². The molecule has 138 valence electrons. The van der Waals surface area contributed by atoms with Crippen molar-refractivity contribution in [3.05, 3.63) is 46.8 Å². The Hall–Kier alpha value is -2.80. The molecule has 0 fully saturated rings. The SMILES string of the molecule is Cc1nn(CC(C)C)c(Cl)c1/C=C/C(=O)Nc1ccc(NC(N)=O)cc1. The van der Waals surface area contributed by atoms with Crippen LogP contribution < -0.4 is 16.4 Å². The van der Waals surface area contributed by atoms with Gasteiger partial charge < -0.3 is 16.4 Å². The fraction of sp³-hybridized carbons (Fsp3) is 0.278. The molecule has 0 aliphatic heterocycles. The minimum absolute atomic E-state index is 0.298. The molecule has 8 heteroatoms. The molecule has 26 heavy (non-hydrogen) atoms. The quantitative estimate of drug-likeness (QED) is 0.671.